The van der Waals surface area contributed by atoms with Crippen LogP contribution in [0.5, 0.6) is 0 Å². The van der Waals surface area contributed by atoms with Gasteiger partial charge in [0.15, 0.2) is 0 Å². The van der Waals surface area contributed by atoms with Crippen molar-refractivity contribution in [2.24, 2.45) is 0 Å². The first-order valence-corrected chi connectivity index (χ1v) is 17.2. The first-order chi connectivity index (χ1) is 17.6. The molecule has 0 N–H and O–H groups in total. The number of quaternary nitrogens is 2. The van der Waals surface area contributed by atoms with Gasteiger partial charge in [0.25, 0.3) is 0 Å². The zero-order valence-electron chi connectivity index (χ0n) is 23.4. The summed E-state index contributed by atoms with van der Waals surface area (Å²) in [5.41, 5.74) is 0. The number of likely N-dealkylation sites (N-methyl/N-ethyl adjacent to an activating group) is 2. The summed E-state index contributed by atoms with van der Waals surface area (Å²) >= 11 is 2.15. The summed E-state index contributed by atoms with van der Waals surface area (Å²) in [5, 5.41) is 0. The number of nitrogens with zero attached hydrogens (tertiary/aromatic N) is 8. The molecule has 0 radical (unpaired) electrons. The van der Waals surface area contributed by atoms with Crippen LogP contribution in [0.3, 0.4) is 0 Å². The highest BCUT2D eigenvalue weighted by Crippen LogP contribution is 2.39. The molecular weight excluding hydrogens is 563 g/mol. The number of piperazine rings is 4. The SMILES string of the molecule is C1CN2CCN3CCCN4CCN(C1)C2C34.CI.C[N+]12CCCN3CC[N+]4(C)CCCN(CC1)C4C32. The lowest BCUT2D eigenvalue weighted by molar-refractivity contribution is -1.04. The molecule has 0 bridgehead atoms. The maximum absolute atomic E-state index is 2.83. The minimum Gasteiger partial charge on any atom is -0.304 e. The van der Waals surface area contributed by atoms with Gasteiger partial charge in [-0.2, -0.15) is 0 Å². The van der Waals surface area contributed by atoms with E-state index in [0.29, 0.717) is 0 Å². The van der Waals surface area contributed by atoms with Gasteiger partial charge in [0.2, 0.25) is 12.3 Å². The third-order valence-electron chi connectivity index (χ3n) is 11.2. The Morgan fingerprint density at radius 3 is 1.11 bits per heavy atom. The average molecular weight is 617 g/mol. The summed E-state index contributed by atoms with van der Waals surface area (Å²) in [6.45, 7) is 21.4. The van der Waals surface area contributed by atoms with Crippen molar-refractivity contribution < 1.29 is 8.97 Å². The van der Waals surface area contributed by atoms with Crippen molar-refractivity contribution >= 4 is 22.6 Å². The van der Waals surface area contributed by atoms with E-state index in [2.05, 4.69) is 66.1 Å². The Bertz CT molecular complexity index is 686. The highest BCUT2D eigenvalue weighted by atomic mass is 127. The summed E-state index contributed by atoms with van der Waals surface area (Å²) < 4.78 is 2.66. The molecule has 0 aliphatic carbocycles. The zero-order chi connectivity index (χ0) is 24.9. The van der Waals surface area contributed by atoms with Crippen molar-refractivity contribution in [1.82, 2.24) is 29.4 Å². The Morgan fingerprint density at radius 1 is 0.417 bits per heavy atom. The molecule has 4 unspecified atom stereocenters. The van der Waals surface area contributed by atoms with Crippen LogP contribution in [0.4, 0.5) is 0 Å². The molecule has 8 aliphatic heterocycles. The molecular formula is C27H53IN8+2. The summed E-state index contributed by atoms with van der Waals surface area (Å²) in [6, 6.07) is 0. The van der Waals surface area contributed by atoms with Gasteiger partial charge in [-0.25, -0.2) is 9.80 Å². The van der Waals surface area contributed by atoms with Crippen LogP contribution in [0.1, 0.15) is 25.7 Å². The third kappa shape index (κ3) is 4.50. The fourth-order valence-electron chi connectivity index (χ4n) is 9.49. The van der Waals surface area contributed by atoms with Crippen molar-refractivity contribution in [1.29, 1.82) is 0 Å². The standard InChI is InChI=1S/C14H28N4.C12H22N4.CH3I/c1-17-9-3-5-15-8-12-18(2)10-4-6-16(7-11-17)14(18)13(15)17;1-3-13-7-9-15-5-2-6-16-10-8-14(4-1)11(13)12(15)16;1-2/h13-14H,3-12H2,1-2H3;11-12H,1-10H2;1H3/q+2;;. The van der Waals surface area contributed by atoms with Crippen LogP contribution in [0.15, 0.2) is 0 Å². The molecule has 0 aromatic rings. The van der Waals surface area contributed by atoms with Gasteiger partial charge in [-0.05, 0) is 17.8 Å². The van der Waals surface area contributed by atoms with Crippen molar-refractivity contribution in [2.75, 3.05) is 124 Å². The topological polar surface area (TPSA) is 19.4 Å². The van der Waals surface area contributed by atoms with E-state index >= 15 is 0 Å². The molecule has 8 nitrogen and oxygen atoms in total. The minimum atomic E-state index is 0.719. The van der Waals surface area contributed by atoms with E-state index in [9.17, 15) is 0 Å². The van der Waals surface area contributed by atoms with Crippen LogP contribution < -0.4 is 0 Å². The number of hydrogen-bond donors (Lipinski definition) is 0. The van der Waals surface area contributed by atoms with Crippen LogP contribution in [-0.2, 0) is 0 Å². The summed E-state index contributed by atoms with van der Waals surface area (Å²) in [6.07, 6.45) is 8.57. The number of alkyl halides is 1. The van der Waals surface area contributed by atoms with E-state index in [1.54, 1.807) is 0 Å². The first kappa shape index (κ1) is 26.6. The van der Waals surface area contributed by atoms with Crippen LogP contribution in [-0.4, -0.2) is 187 Å². The zero-order valence-corrected chi connectivity index (χ0v) is 25.6. The fraction of sp³-hybridized carbons (Fsp3) is 1.00. The van der Waals surface area contributed by atoms with E-state index in [1.807, 2.05) is 4.93 Å². The Balaban J connectivity index is 0.000000126. The van der Waals surface area contributed by atoms with Gasteiger partial charge in [0, 0.05) is 78.3 Å². The number of rotatable bonds is 0. The largest absolute Gasteiger partial charge is 0.304 e. The summed E-state index contributed by atoms with van der Waals surface area (Å²) in [4.78, 5) is 18.6. The van der Waals surface area contributed by atoms with Gasteiger partial charge in [0.05, 0.1) is 65.7 Å². The van der Waals surface area contributed by atoms with Crippen molar-refractivity contribution in [3.63, 3.8) is 0 Å². The molecule has 8 aliphatic rings. The Morgan fingerprint density at radius 2 is 0.750 bits per heavy atom. The minimum absolute atomic E-state index is 0.719. The summed E-state index contributed by atoms with van der Waals surface area (Å²) in [7, 11) is 5.05. The van der Waals surface area contributed by atoms with Gasteiger partial charge < -0.3 is 8.97 Å². The van der Waals surface area contributed by atoms with Gasteiger partial charge in [0.1, 0.15) is 0 Å². The quantitative estimate of drug-likeness (QED) is 0.225. The smallest absolute Gasteiger partial charge is 0.213 e. The lowest BCUT2D eigenvalue weighted by Gasteiger charge is -2.65. The predicted octanol–water partition coefficient (Wildman–Crippen LogP) is 0.703. The molecule has 0 aromatic heterocycles. The molecule has 4 atom stereocenters. The second-order valence-electron chi connectivity index (χ2n) is 13.1. The number of halogens is 1. The van der Waals surface area contributed by atoms with E-state index < -0.39 is 0 Å². The first-order valence-electron chi connectivity index (χ1n) is 15.1. The molecule has 0 saturated carbocycles. The monoisotopic (exact) mass is 616 g/mol. The highest BCUT2D eigenvalue weighted by Gasteiger charge is 2.61. The third-order valence-corrected chi connectivity index (χ3v) is 11.2. The number of hydrogen-bond acceptors (Lipinski definition) is 6. The average Bonchev–Trinajstić information content (AvgIpc) is 2.92. The lowest BCUT2D eigenvalue weighted by atomic mass is 9.96. The lowest BCUT2D eigenvalue weighted by Crippen LogP contribution is -2.86. The van der Waals surface area contributed by atoms with Gasteiger partial charge in [-0.1, -0.05) is 22.6 Å². The van der Waals surface area contributed by atoms with Crippen molar-refractivity contribution in [3.05, 3.63) is 0 Å². The molecule has 206 valence electrons. The molecule has 0 spiro atoms. The van der Waals surface area contributed by atoms with Crippen LogP contribution in [0.25, 0.3) is 0 Å². The predicted molar refractivity (Wildman–Crippen MR) is 155 cm³/mol. The maximum atomic E-state index is 2.83. The second kappa shape index (κ2) is 10.8. The van der Waals surface area contributed by atoms with E-state index in [0.717, 1.165) is 24.7 Å². The highest BCUT2D eigenvalue weighted by molar-refractivity contribution is 14.1. The van der Waals surface area contributed by atoms with Crippen LogP contribution in [0.2, 0.25) is 0 Å². The van der Waals surface area contributed by atoms with Gasteiger partial charge >= 0.3 is 0 Å². The fourth-order valence-corrected chi connectivity index (χ4v) is 9.49. The normalized spacial score (nSPS) is 45.3. The molecule has 36 heavy (non-hydrogen) atoms. The molecule has 0 amide bonds. The van der Waals surface area contributed by atoms with E-state index in [4.69, 9.17) is 0 Å². The van der Waals surface area contributed by atoms with Gasteiger partial charge in [-0.3, -0.25) is 19.6 Å². The molecule has 9 heteroatoms. The molecule has 8 saturated heterocycles. The summed E-state index contributed by atoms with van der Waals surface area (Å²) in [5.74, 6) is 0. The van der Waals surface area contributed by atoms with Crippen molar-refractivity contribution in [2.45, 2.75) is 50.3 Å². The Hall–Kier alpha value is 0.410. The van der Waals surface area contributed by atoms with Gasteiger partial charge in [-0.15, -0.1) is 0 Å². The molecule has 8 heterocycles. The molecule has 8 rings (SSSR count). The molecule has 0 aromatic carbocycles. The maximum Gasteiger partial charge on any atom is 0.213 e. The van der Waals surface area contributed by atoms with E-state index in [-0.39, 0.29) is 0 Å². The van der Waals surface area contributed by atoms with Crippen molar-refractivity contribution in [3.8, 4) is 0 Å². The Labute approximate surface area is 234 Å². The van der Waals surface area contributed by atoms with Crippen LogP contribution in [0, 0.1) is 0 Å². The van der Waals surface area contributed by atoms with E-state index in [1.165, 1.54) is 139 Å². The van der Waals surface area contributed by atoms with Crippen LogP contribution >= 0.6 is 22.6 Å². The molecule has 8 fully saturated rings. The Kier molecular flexibility index (Phi) is 7.96. The second-order valence-corrected chi connectivity index (χ2v) is 13.1.